The fourth-order valence-electron chi connectivity index (χ4n) is 2.13. The van der Waals surface area contributed by atoms with Crippen LogP contribution in [0.3, 0.4) is 0 Å². The number of aryl methyl sites for hydroxylation is 1. The van der Waals surface area contributed by atoms with E-state index in [0.29, 0.717) is 10.2 Å². The minimum atomic E-state index is -3.50. The minimum Gasteiger partial charge on any atom is -0.440 e. The molecule has 0 atom stereocenters. The monoisotopic (exact) mass is 396 g/mol. The first-order valence-electron chi connectivity index (χ1n) is 7.08. The minimum absolute atomic E-state index is 0.0960. The number of carbonyl (C=O) groups excluding carboxylic acids is 1. The Morgan fingerprint density at radius 2 is 1.88 bits per heavy atom. The maximum atomic E-state index is 12.2. The molecule has 6 nitrogen and oxygen atoms in total. The summed E-state index contributed by atoms with van der Waals surface area (Å²) in [5.41, 5.74) is 1.63. The number of furan rings is 1. The number of thiazole rings is 1. The number of rotatable bonds is 4. The third-order valence-electron chi connectivity index (χ3n) is 3.31. The molecule has 3 aromatic rings. The van der Waals surface area contributed by atoms with Gasteiger partial charge in [0.1, 0.15) is 0 Å². The van der Waals surface area contributed by atoms with Gasteiger partial charge in [0.2, 0.25) is 14.9 Å². The summed E-state index contributed by atoms with van der Waals surface area (Å²) in [6.07, 6.45) is 1.01. The third-order valence-corrected chi connectivity index (χ3v) is 5.39. The Labute approximate surface area is 153 Å². The Balaban J connectivity index is 1.82. The van der Waals surface area contributed by atoms with Crippen LogP contribution >= 0.6 is 22.9 Å². The first-order valence-corrected chi connectivity index (χ1v) is 10.2. The van der Waals surface area contributed by atoms with Crippen LogP contribution < -0.4 is 5.32 Å². The van der Waals surface area contributed by atoms with E-state index >= 15 is 0 Å². The third kappa shape index (κ3) is 3.92. The van der Waals surface area contributed by atoms with Gasteiger partial charge in [0.25, 0.3) is 5.91 Å². The molecule has 9 heteroatoms. The number of nitrogens with zero attached hydrogens (tertiary/aromatic N) is 1. The van der Waals surface area contributed by atoms with Crippen LogP contribution in [0.2, 0.25) is 5.02 Å². The zero-order valence-electron chi connectivity index (χ0n) is 13.2. The van der Waals surface area contributed by atoms with Gasteiger partial charge in [-0.3, -0.25) is 10.1 Å². The Morgan fingerprint density at radius 1 is 1.20 bits per heavy atom. The summed E-state index contributed by atoms with van der Waals surface area (Å²) in [6.45, 7) is 1.89. The van der Waals surface area contributed by atoms with Crippen molar-refractivity contribution >= 4 is 43.8 Å². The predicted octanol–water partition coefficient (Wildman–Crippen LogP) is 4.02. The summed E-state index contributed by atoms with van der Waals surface area (Å²) in [5, 5.41) is 3.39. The van der Waals surface area contributed by atoms with Gasteiger partial charge in [-0.05, 0) is 31.2 Å². The second kappa shape index (κ2) is 6.62. The van der Waals surface area contributed by atoms with Crippen LogP contribution in [0.15, 0.2) is 45.9 Å². The van der Waals surface area contributed by atoms with Crippen molar-refractivity contribution in [1.29, 1.82) is 0 Å². The van der Waals surface area contributed by atoms with Gasteiger partial charge in [-0.1, -0.05) is 23.7 Å². The Hall–Kier alpha value is -2.16. The van der Waals surface area contributed by atoms with E-state index in [-0.39, 0.29) is 10.9 Å². The molecule has 2 heterocycles. The molecule has 1 aromatic carbocycles. The number of aromatic nitrogens is 1. The van der Waals surface area contributed by atoms with Gasteiger partial charge in [0.15, 0.2) is 10.9 Å². The fraction of sp³-hybridized carbons (Fsp3) is 0.125. The lowest BCUT2D eigenvalue weighted by Gasteiger charge is -1.99. The van der Waals surface area contributed by atoms with Gasteiger partial charge < -0.3 is 4.42 Å². The second-order valence-corrected chi connectivity index (χ2v) is 8.86. The number of carbonyl (C=O) groups is 1. The molecule has 3 rings (SSSR count). The summed E-state index contributed by atoms with van der Waals surface area (Å²) < 4.78 is 27.9. The Bertz CT molecular complexity index is 1040. The number of halogens is 1. The maximum absolute atomic E-state index is 12.2. The zero-order valence-corrected chi connectivity index (χ0v) is 15.6. The smallest absolute Gasteiger partial charge is 0.293 e. The van der Waals surface area contributed by atoms with Gasteiger partial charge in [0.05, 0.1) is 5.69 Å². The summed E-state index contributed by atoms with van der Waals surface area (Å²) >= 11 is 7.20. The van der Waals surface area contributed by atoms with E-state index in [0.717, 1.165) is 22.4 Å². The Kier molecular flexibility index (Phi) is 4.68. The number of nitrogens with one attached hydrogen (secondary N) is 1. The van der Waals surface area contributed by atoms with Crippen molar-refractivity contribution < 1.29 is 17.6 Å². The maximum Gasteiger partial charge on any atom is 0.293 e. The van der Waals surface area contributed by atoms with Crippen molar-refractivity contribution in [2.75, 3.05) is 11.6 Å². The molecule has 0 fully saturated rings. The molecule has 0 saturated carbocycles. The molecule has 0 unspecified atom stereocenters. The highest BCUT2D eigenvalue weighted by Gasteiger charge is 2.19. The van der Waals surface area contributed by atoms with E-state index in [2.05, 4.69) is 10.3 Å². The number of hydrogen-bond donors (Lipinski definition) is 1. The topological polar surface area (TPSA) is 89.3 Å². The van der Waals surface area contributed by atoms with E-state index in [9.17, 15) is 13.2 Å². The normalized spacial score (nSPS) is 11.5. The van der Waals surface area contributed by atoms with E-state index in [1.54, 1.807) is 12.1 Å². The van der Waals surface area contributed by atoms with Crippen molar-refractivity contribution in [3.05, 3.63) is 52.1 Å². The highest BCUT2D eigenvalue weighted by Crippen LogP contribution is 2.31. The molecule has 0 aliphatic heterocycles. The van der Waals surface area contributed by atoms with Gasteiger partial charge in [-0.25, -0.2) is 13.4 Å². The second-order valence-electron chi connectivity index (χ2n) is 5.28. The van der Waals surface area contributed by atoms with Crippen LogP contribution in [0.1, 0.15) is 15.4 Å². The molecule has 0 aliphatic carbocycles. The van der Waals surface area contributed by atoms with E-state index in [4.69, 9.17) is 16.0 Å². The molecule has 0 spiro atoms. The summed E-state index contributed by atoms with van der Waals surface area (Å²) in [6, 6.07) is 9.79. The van der Waals surface area contributed by atoms with Gasteiger partial charge >= 0.3 is 0 Å². The van der Waals surface area contributed by atoms with Gasteiger partial charge in [-0.15, -0.1) is 11.3 Å². The molecule has 1 amide bonds. The fourth-order valence-corrected chi connectivity index (χ4v) is 3.64. The van der Waals surface area contributed by atoms with Crippen molar-refractivity contribution in [3.63, 3.8) is 0 Å². The summed E-state index contributed by atoms with van der Waals surface area (Å²) in [4.78, 5) is 17.5. The number of benzene rings is 1. The first-order chi connectivity index (χ1) is 11.7. The predicted molar refractivity (Wildman–Crippen MR) is 97.1 cm³/mol. The van der Waals surface area contributed by atoms with Crippen LogP contribution in [0.25, 0.3) is 11.3 Å². The summed E-state index contributed by atoms with van der Waals surface area (Å²) in [5.74, 6) is -0.660. The lowest BCUT2D eigenvalue weighted by Crippen LogP contribution is -2.10. The molecular weight excluding hydrogens is 384 g/mol. The molecule has 130 valence electrons. The highest BCUT2D eigenvalue weighted by molar-refractivity contribution is 7.90. The number of hydrogen-bond acceptors (Lipinski definition) is 6. The molecule has 1 N–H and O–H groups in total. The van der Waals surface area contributed by atoms with E-state index < -0.39 is 15.7 Å². The first kappa shape index (κ1) is 17.7. The summed E-state index contributed by atoms with van der Waals surface area (Å²) in [7, 11) is -3.50. The van der Waals surface area contributed by atoms with Crippen molar-refractivity contribution in [2.24, 2.45) is 0 Å². The van der Waals surface area contributed by atoms with Crippen LogP contribution in [-0.2, 0) is 9.84 Å². The lowest BCUT2D eigenvalue weighted by molar-refractivity contribution is 0.0991. The molecule has 25 heavy (non-hydrogen) atoms. The van der Waals surface area contributed by atoms with Gasteiger partial charge in [0, 0.05) is 21.7 Å². The largest absolute Gasteiger partial charge is 0.440 e. The molecular formula is C16H13ClN2O4S2. The molecule has 0 radical (unpaired) electrons. The molecule has 2 aromatic heterocycles. The Morgan fingerprint density at radius 3 is 2.48 bits per heavy atom. The number of anilines is 1. The van der Waals surface area contributed by atoms with Crippen LogP contribution in [-0.4, -0.2) is 25.6 Å². The zero-order chi connectivity index (χ0) is 18.2. The van der Waals surface area contributed by atoms with Crippen molar-refractivity contribution in [2.45, 2.75) is 12.0 Å². The van der Waals surface area contributed by atoms with Gasteiger partial charge in [-0.2, -0.15) is 0 Å². The van der Waals surface area contributed by atoms with Crippen molar-refractivity contribution in [3.8, 4) is 11.3 Å². The average molecular weight is 397 g/mol. The van der Waals surface area contributed by atoms with E-state index in [1.807, 2.05) is 19.1 Å². The van der Waals surface area contributed by atoms with Crippen molar-refractivity contribution in [1.82, 2.24) is 4.98 Å². The SMILES string of the molecule is Cc1sc(NC(=O)c2ccc(S(C)(=O)=O)o2)nc1-c1ccc(Cl)cc1. The van der Waals surface area contributed by atoms with Crippen LogP contribution in [0.5, 0.6) is 0 Å². The van der Waals surface area contributed by atoms with Crippen LogP contribution in [0, 0.1) is 6.92 Å². The average Bonchev–Trinajstić information content (AvgIpc) is 3.15. The standard InChI is InChI=1S/C16H13ClN2O4S2/c1-9-14(10-3-5-11(17)6-4-10)18-16(24-9)19-15(20)12-7-8-13(23-12)25(2,21)22/h3-8H,1-2H3,(H,18,19,20). The molecule has 0 saturated heterocycles. The molecule has 0 bridgehead atoms. The quantitative estimate of drug-likeness (QED) is 0.719. The van der Waals surface area contributed by atoms with Crippen LogP contribution in [0.4, 0.5) is 5.13 Å². The molecule has 0 aliphatic rings. The van der Waals surface area contributed by atoms with E-state index in [1.165, 1.54) is 23.5 Å². The lowest BCUT2D eigenvalue weighted by atomic mass is 10.1. The highest BCUT2D eigenvalue weighted by atomic mass is 35.5. The number of amides is 1. The number of sulfone groups is 1.